The average Bonchev–Trinajstić information content (AvgIpc) is 3.40. The number of likely N-dealkylation sites (tertiary alicyclic amines) is 1. The van der Waals surface area contributed by atoms with Crippen LogP contribution < -0.4 is 15.6 Å². The van der Waals surface area contributed by atoms with Crippen molar-refractivity contribution >= 4 is 11.4 Å². The Morgan fingerprint density at radius 3 is 2.66 bits per heavy atom. The van der Waals surface area contributed by atoms with Crippen LogP contribution in [-0.2, 0) is 0 Å². The summed E-state index contributed by atoms with van der Waals surface area (Å²) in [6.45, 7) is 6.95. The van der Waals surface area contributed by atoms with E-state index in [9.17, 15) is 14.0 Å². The second-order valence-corrected chi connectivity index (χ2v) is 9.98. The fourth-order valence-corrected chi connectivity index (χ4v) is 5.12. The van der Waals surface area contributed by atoms with E-state index in [1.165, 1.54) is 36.6 Å². The van der Waals surface area contributed by atoms with Gasteiger partial charge >= 0.3 is 0 Å². The van der Waals surface area contributed by atoms with Gasteiger partial charge in [-0.25, -0.2) is 8.91 Å². The highest BCUT2D eigenvalue weighted by molar-refractivity contribution is 5.98. The van der Waals surface area contributed by atoms with E-state index < -0.39 is 5.82 Å². The molecule has 1 aliphatic carbocycles. The molecule has 186 valence electrons. The topological polar surface area (TPSA) is 91.7 Å². The lowest BCUT2D eigenvalue weighted by Gasteiger charge is -2.24. The lowest BCUT2D eigenvalue weighted by Crippen LogP contribution is -2.44. The van der Waals surface area contributed by atoms with E-state index >= 15 is 0 Å². The second-order valence-electron chi connectivity index (χ2n) is 9.98. The first-order chi connectivity index (χ1) is 16.9. The number of nitrogens with one attached hydrogen (secondary N) is 2. The lowest BCUT2D eigenvalue weighted by atomic mass is 9.99. The molecule has 8 nitrogen and oxygen atoms in total. The van der Waals surface area contributed by atoms with Gasteiger partial charge in [0.05, 0.1) is 12.7 Å². The third-order valence-electron chi connectivity index (χ3n) is 7.09. The molecule has 3 heterocycles. The highest BCUT2D eigenvalue weighted by atomic mass is 19.1. The number of H-pyrrole nitrogens is 1. The largest absolute Gasteiger partial charge is 0.494 e. The highest BCUT2D eigenvalue weighted by Crippen LogP contribution is 2.34. The SMILES string of the molecule is COc1ccc(-c2nn3cc(C(=O)NC(CN4CCCC4)C4CC4)c(C(C)C)c3c(=O)[nH]2)cc1F. The molecule has 1 amide bonds. The van der Waals surface area contributed by atoms with Crippen LogP contribution in [0.25, 0.3) is 16.9 Å². The van der Waals surface area contributed by atoms with Crippen molar-refractivity contribution in [3.8, 4) is 17.1 Å². The summed E-state index contributed by atoms with van der Waals surface area (Å²) < 4.78 is 20.7. The van der Waals surface area contributed by atoms with Crippen molar-refractivity contribution in [2.75, 3.05) is 26.7 Å². The number of rotatable bonds is 8. The quantitative estimate of drug-likeness (QED) is 0.513. The van der Waals surface area contributed by atoms with Gasteiger partial charge in [0.1, 0.15) is 5.52 Å². The van der Waals surface area contributed by atoms with Gasteiger partial charge in [-0.1, -0.05) is 13.8 Å². The molecule has 9 heteroatoms. The molecule has 35 heavy (non-hydrogen) atoms. The monoisotopic (exact) mass is 481 g/mol. The fraction of sp³-hybridized carbons (Fsp3) is 0.500. The zero-order valence-electron chi connectivity index (χ0n) is 20.4. The molecule has 1 aromatic carbocycles. The van der Waals surface area contributed by atoms with Gasteiger partial charge in [0.25, 0.3) is 11.5 Å². The Labute approximate surface area is 203 Å². The van der Waals surface area contributed by atoms with Crippen molar-refractivity contribution in [2.45, 2.75) is 51.5 Å². The second kappa shape index (κ2) is 9.45. The summed E-state index contributed by atoms with van der Waals surface area (Å²) in [5.74, 6) is 0.0478. The summed E-state index contributed by atoms with van der Waals surface area (Å²) in [4.78, 5) is 31.8. The van der Waals surface area contributed by atoms with Crippen LogP contribution in [0.5, 0.6) is 5.75 Å². The van der Waals surface area contributed by atoms with E-state index in [-0.39, 0.29) is 35.0 Å². The van der Waals surface area contributed by atoms with Gasteiger partial charge in [-0.05, 0) is 68.8 Å². The predicted octanol–water partition coefficient (Wildman–Crippen LogP) is 3.56. The van der Waals surface area contributed by atoms with Crippen molar-refractivity contribution < 1.29 is 13.9 Å². The maximum atomic E-state index is 14.3. The van der Waals surface area contributed by atoms with Crippen LogP contribution >= 0.6 is 0 Å². The zero-order valence-corrected chi connectivity index (χ0v) is 20.4. The summed E-state index contributed by atoms with van der Waals surface area (Å²) in [6.07, 6.45) is 6.32. The molecule has 0 bridgehead atoms. The predicted molar refractivity (Wildman–Crippen MR) is 131 cm³/mol. The summed E-state index contributed by atoms with van der Waals surface area (Å²) in [6, 6.07) is 4.49. The van der Waals surface area contributed by atoms with Crippen LogP contribution in [0.15, 0.2) is 29.2 Å². The number of hydrogen-bond acceptors (Lipinski definition) is 5. The van der Waals surface area contributed by atoms with Crippen LogP contribution in [0.1, 0.15) is 61.4 Å². The molecule has 2 aromatic heterocycles. The van der Waals surface area contributed by atoms with Gasteiger partial charge in [-0.2, -0.15) is 0 Å². The van der Waals surface area contributed by atoms with Gasteiger partial charge in [-0.15, -0.1) is 5.10 Å². The number of ether oxygens (including phenoxy) is 1. The van der Waals surface area contributed by atoms with Crippen molar-refractivity contribution in [3.05, 3.63) is 51.7 Å². The number of carbonyl (C=O) groups is 1. The summed E-state index contributed by atoms with van der Waals surface area (Å²) >= 11 is 0. The first-order valence-corrected chi connectivity index (χ1v) is 12.4. The maximum absolute atomic E-state index is 14.3. The number of fused-ring (bicyclic) bond motifs is 1. The number of benzene rings is 1. The third-order valence-corrected chi connectivity index (χ3v) is 7.09. The number of nitrogens with zero attached hydrogens (tertiary/aromatic N) is 3. The zero-order chi connectivity index (χ0) is 24.7. The number of amides is 1. The highest BCUT2D eigenvalue weighted by Gasteiger charge is 2.35. The van der Waals surface area contributed by atoms with E-state index in [1.807, 2.05) is 13.8 Å². The van der Waals surface area contributed by atoms with Crippen molar-refractivity contribution in [1.82, 2.24) is 24.8 Å². The molecule has 5 rings (SSSR count). The molecular weight excluding hydrogens is 449 g/mol. The minimum Gasteiger partial charge on any atom is -0.494 e. The average molecular weight is 482 g/mol. The number of aromatic amines is 1. The minimum atomic E-state index is -0.549. The van der Waals surface area contributed by atoms with Crippen LogP contribution in [-0.4, -0.2) is 58.2 Å². The van der Waals surface area contributed by atoms with Gasteiger partial charge in [0.2, 0.25) is 0 Å². The van der Waals surface area contributed by atoms with Crippen LogP contribution in [0, 0.1) is 11.7 Å². The molecule has 1 aliphatic heterocycles. The Morgan fingerprint density at radius 2 is 2.03 bits per heavy atom. The van der Waals surface area contributed by atoms with E-state index in [0.717, 1.165) is 32.5 Å². The first-order valence-electron chi connectivity index (χ1n) is 12.4. The number of methoxy groups -OCH3 is 1. The van der Waals surface area contributed by atoms with E-state index in [0.29, 0.717) is 28.1 Å². The van der Waals surface area contributed by atoms with Gasteiger partial charge in [0, 0.05) is 29.9 Å². The normalized spacial score (nSPS) is 17.3. The molecule has 1 saturated carbocycles. The van der Waals surface area contributed by atoms with Gasteiger partial charge in [-0.3, -0.25) is 9.59 Å². The minimum absolute atomic E-state index is 0.0640. The molecular formula is C26H32FN5O3. The molecule has 1 saturated heterocycles. The van der Waals surface area contributed by atoms with Gasteiger partial charge < -0.3 is 19.9 Å². The van der Waals surface area contributed by atoms with Crippen LogP contribution in [0.4, 0.5) is 4.39 Å². The lowest BCUT2D eigenvalue weighted by molar-refractivity contribution is 0.0920. The Bertz CT molecular complexity index is 1300. The smallest absolute Gasteiger partial charge is 0.275 e. The number of halogens is 1. The molecule has 0 spiro atoms. The first kappa shape index (κ1) is 23.5. The standard InChI is InChI=1S/C26H32FN5O3/c1-15(2)22-18(25(33)28-20(16-6-7-16)14-31-10-4-5-11-31)13-32-23(22)26(34)29-24(30-32)17-8-9-21(35-3)19(27)12-17/h8-9,12-13,15-16,20H,4-7,10-11,14H2,1-3H3,(H,28,33)(H,29,30,34). The summed E-state index contributed by atoms with van der Waals surface area (Å²) in [5, 5.41) is 7.79. The number of aromatic nitrogens is 3. The van der Waals surface area contributed by atoms with Crippen LogP contribution in [0.3, 0.4) is 0 Å². The molecule has 2 fully saturated rings. The molecule has 1 unspecified atom stereocenters. The number of carbonyl (C=O) groups excluding carboxylic acids is 1. The maximum Gasteiger partial charge on any atom is 0.275 e. The Morgan fingerprint density at radius 1 is 1.29 bits per heavy atom. The van der Waals surface area contributed by atoms with E-state index in [4.69, 9.17) is 4.74 Å². The molecule has 1 atom stereocenters. The molecule has 0 radical (unpaired) electrons. The number of hydrogen-bond donors (Lipinski definition) is 2. The van der Waals surface area contributed by atoms with Crippen molar-refractivity contribution in [1.29, 1.82) is 0 Å². The Balaban J connectivity index is 1.49. The summed E-state index contributed by atoms with van der Waals surface area (Å²) in [7, 11) is 1.39. The van der Waals surface area contributed by atoms with Gasteiger partial charge in [0.15, 0.2) is 17.4 Å². The molecule has 3 aromatic rings. The Hall–Kier alpha value is -3.20. The third kappa shape index (κ3) is 4.69. The van der Waals surface area contributed by atoms with E-state index in [2.05, 4.69) is 20.3 Å². The molecule has 2 N–H and O–H groups in total. The van der Waals surface area contributed by atoms with E-state index in [1.54, 1.807) is 12.3 Å². The fourth-order valence-electron chi connectivity index (χ4n) is 5.12. The van der Waals surface area contributed by atoms with Crippen molar-refractivity contribution in [3.63, 3.8) is 0 Å². The molecule has 2 aliphatic rings. The summed E-state index contributed by atoms with van der Waals surface area (Å²) in [5.41, 5.74) is 1.50. The Kier molecular flexibility index (Phi) is 6.35. The van der Waals surface area contributed by atoms with Crippen LogP contribution in [0.2, 0.25) is 0 Å². The van der Waals surface area contributed by atoms with Crippen molar-refractivity contribution in [2.24, 2.45) is 5.92 Å².